The smallest absolute Gasteiger partial charge is 0.342 e. The van der Waals surface area contributed by atoms with E-state index < -0.39 is 16.6 Å². The second-order valence-corrected chi connectivity index (χ2v) is 4.46. The summed E-state index contributed by atoms with van der Waals surface area (Å²) < 4.78 is 5.12. The normalized spacial score (nSPS) is 10.4. The van der Waals surface area contributed by atoms with Gasteiger partial charge in [0, 0.05) is 17.9 Å². The lowest BCUT2D eigenvalue weighted by molar-refractivity contribution is -0.385. The number of aromatic carboxylic acids is 1. The summed E-state index contributed by atoms with van der Waals surface area (Å²) in [5.41, 5.74) is -0.843. The second-order valence-electron chi connectivity index (χ2n) is 3.43. The van der Waals surface area contributed by atoms with Gasteiger partial charge < -0.3 is 9.52 Å². The molecule has 2 aromatic rings. The lowest BCUT2D eigenvalue weighted by Gasteiger charge is -2.00. The van der Waals surface area contributed by atoms with Crippen LogP contribution in [0.2, 0.25) is 0 Å². The molecule has 9 heteroatoms. The molecule has 0 unspecified atom stereocenters. The first-order valence-corrected chi connectivity index (χ1v) is 5.78. The van der Waals surface area contributed by atoms with E-state index in [0.29, 0.717) is 10.8 Å². The Kier molecular flexibility index (Phi) is 3.47. The molecule has 19 heavy (non-hydrogen) atoms. The molecule has 2 rings (SSSR count). The van der Waals surface area contributed by atoms with Crippen molar-refractivity contribution in [3.63, 3.8) is 0 Å². The van der Waals surface area contributed by atoms with E-state index in [1.807, 2.05) is 0 Å². The quantitative estimate of drug-likeness (QED) is 0.668. The van der Waals surface area contributed by atoms with Crippen LogP contribution in [0.1, 0.15) is 16.2 Å². The Bertz CT molecular complexity index is 654. The number of aromatic nitrogens is 2. The summed E-state index contributed by atoms with van der Waals surface area (Å²) in [6.07, 6.45) is 0. The Labute approximate surface area is 110 Å². The highest BCUT2D eigenvalue weighted by atomic mass is 32.2. The van der Waals surface area contributed by atoms with Crippen LogP contribution >= 0.6 is 11.8 Å². The average Bonchev–Trinajstić information content (AvgIpc) is 2.74. The maximum absolute atomic E-state index is 11.0. The first kappa shape index (κ1) is 13.0. The standard InChI is InChI=1S/C10H7N3O5S/c1-5-11-12-10(18-5)19-6-2-3-8(13(16)17)7(4-6)9(14)15/h2-4H,1H3,(H,14,15). The molecule has 8 nitrogen and oxygen atoms in total. The maximum atomic E-state index is 11.0. The van der Waals surface area contributed by atoms with Gasteiger partial charge in [-0.1, -0.05) is 0 Å². The largest absolute Gasteiger partial charge is 0.477 e. The van der Waals surface area contributed by atoms with Crippen molar-refractivity contribution in [2.24, 2.45) is 0 Å². The first-order valence-electron chi connectivity index (χ1n) is 4.97. The lowest BCUT2D eigenvalue weighted by Crippen LogP contribution is -2.02. The summed E-state index contributed by atoms with van der Waals surface area (Å²) in [4.78, 5) is 21.4. The molecule has 0 bridgehead atoms. The SMILES string of the molecule is Cc1nnc(Sc2ccc([N+](=O)[O-])c(C(=O)O)c2)o1. The summed E-state index contributed by atoms with van der Waals surface area (Å²) in [7, 11) is 0. The Balaban J connectivity index is 2.35. The van der Waals surface area contributed by atoms with Crippen LogP contribution < -0.4 is 0 Å². The van der Waals surface area contributed by atoms with Gasteiger partial charge in [0.2, 0.25) is 5.89 Å². The van der Waals surface area contributed by atoms with E-state index in [-0.39, 0.29) is 10.8 Å². The molecule has 0 spiro atoms. The fourth-order valence-electron chi connectivity index (χ4n) is 1.33. The van der Waals surface area contributed by atoms with Gasteiger partial charge in [-0.3, -0.25) is 10.1 Å². The van der Waals surface area contributed by atoms with Gasteiger partial charge in [0.15, 0.2) is 0 Å². The van der Waals surface area contributed by atoms with Crippen molar-refractivity contribution in [2.75, 3.05) is 0 Å². The molecule has 1 N–H and O–H groups in total. The van der Waals surface area contributed by atoms with Crippen LogP contribution in [0.5, 0.6) is 0 Å². The van der Waals surface area contributed by atoms with Crippen molar-refractivity contribution < 1.29 is 19.2 Å². The van der Waals surface area contributed by atoms with Gasteiger partial charge in [0.25, 0.3) is 10.9 Å². The number of carboxylic acids is 1. The highest BCUT2D eigenvalue weighted by molar-refractivity contribution is 7.99. The monoisotopic (exact) mass is 281 g/mol. The van der Waals surface area contributed by atoms with E-state index in [1.165, 1.54) is 12.1 Å². The minimum absolute atomic E-state index is 0.239. The summed E-state index contributed by atoms with van der Waals surface area (Å²) in [6, 6.07) is 3.76. The predicted octanol–water partition coefficient (Wildman–Crippen LogP) is 2.14. The summed E-state index contributed by atoms with van der Waals surface area (Å²) in [6.45, 7) is 1.62. The van der Waals surface area contributed by atoms with Crippen molar-refractivity contribution in [2.45, 2.75) is 17.0 Å². The lowest BCUT2D eigenvalue weighted by atomic mass is 10.2. The molecule has 0 atom stereocenters. The molecular weight excluding hydrogens is 274 g/mol. The van der Waals surface area contributed by atoms with Crippen LogP contribution in [0.4, 0.5) is 5.69 Å². The van der Waals surface area contributed by atoms with Crippen LogP contribution in [0.15, 0.2) is 32.7 Å². The fourth-order valence-corrected chi connectivity index (χ4v) is 2.09. The van der Waals surface area contributed by atoms with E-state index in [1.54, 1.807) is 6.92 Å². The van der Waals surface area contributed by atoms with Gasteiger partial charge in [-0.05, 0) is 23.9 Å². The molecule has 0 radical (unpaired) electrons. The first-order chi connectivity index (χ1) is 8.97. The topological polar surface area (TPSA) is 119 Å². The number of carboxylic acid groups (broad SMARTS) is 1. The van der Waals surface area contributed by atoms with Crippen LogP contribution in [-0.4, -0.2) is 26.2 Å². The Hall–Kier alpha value is -2.42. The number of benzene rings is 1. The van der Waals surface area contributed by atoms with Gasteiger partial charge in [-0.25, -0.2) is 4.79 Å². The number of hydrogen-bond acceptors (Lipinski definition) is 7. The molecule has 0 saturated carbocycles. The van der Waals surface area contributed by atoms with Crippen LogP contribution in [0.25, 0.3) is 0 Å². The summed E-state index contributed by atoms with van der Waals surface area (Å²) in [5.74, 6) is -0.987. The average molecular weight is 281 g/mol. The fraction of sp³-hybridized carbons (Fsp3) is 0.100. The molecule has 1 heterocycles. The molecule has 0 aliphatic rings. The predicted molar refractivity (Wildman–Crippen MR) is 63.2 cm³/mol. The van der Waals surface area contributed by atoms with Crippen molar-refractivity contribution >= 4 is 23.4 Å². The minimum atomic E-state index is -1.36. The zero-order chi connectivity index (χ0) is 14.0. The van der Waals surface area contributed by atoms with E-state index in [9.17, 15) is 14.9 Å². The number of nitro groups is 1. The number of rotatable bonds is 4. The van der Waals surface area contributed by atoms with E-state index in [4.69, 9.17) is 9.52 Å². The van der Waals surface area contributed by atoms with Gasteiger partial charge in [0.05, 0.1) is 4.92 Å². The van der Waals surface area contributed by atoms with E-state index in [0.717, 1.165) is 17.8 Å². The zero-order valence-corrected chi connectivity index (χ0v) is 10.4. The molecule has 0 aliphatic carbocycles. The van der Waals surface area contributed by atoms with Crippen LogP contribution in [0.3, 0.4) is 0 Å². The van der Waals surface area contributed by atoms with Crippen LogP contribution in [-0.2, 0) is 0 Å². The van der Waals surface area contributed by atoms with E-state index >= 15 is 0 Å². The molecule has 0 fully saturated rings. The number of nitrogens with zero attached hydrogens (tertiary/aromatic N) is 3. The Morgan fingerprint density at radius 3 is 2.74 bits per heavy atom. The molecule has 1 aromatic heterocycles. The van der Waals surface area contributed by atoms with Crippen molar-refractivity contribution in [1.29, 1.82) is 0 Å². The maximum Gasteiger partial charge on any atom is 0.342 e. The summed E-state index contributed by atoms with van der Waals surface area (Å²) >= 11 is 1.03. The summed E-state index contributed by atoms with van der Waals surface area (Å²) in [5, 5.41) is 27.2. The number of nitro benzene ring substituents is 1. The van der Waals surface area contributed by atoms with Crippen molar-refractivity contribution in [3.05, 3.63) is 39.8 Å². The minimum Gasteiger partial charge on any atom is -0.477 e. The van der Waals surface area contributed by atoms with Gasteiger partial charge in [0.1, 0.15) is 5.56 Å². The highest BCUT2D eigenvalue weighted by Gasteiger charge is 2.20. The van der Waals surface area contributed by atoms with Crippen molar-refractivity contribution in [3.8, 4) is 0 Å². The van der Waals surface area contributed by atoms with Gasteiger partial charge in [-0.2, -0.15) is 0 Å². The van der Waals surface area contributed by atoms with Crippen LogP contribution in [0, 0.1) is 17.0 Å². The Morgan fingerprint density at radius 2 is 2.21 bits per heavy atom. The third kappa shape index (κ3) is 2.88. The highest BCUT2D eigenvalue weighted by Crippen LogP contribution is 2.30. The number of aryl methyl sites for hydroxylation is 1. The molecule has 1 aromatic carbocycles. The third-order valence-corrected chi connectivity index (χ3v) is 2.94. The third-order valence-electron chi connectivity index (χ3n) is 2.11. The molecule has 0 saturated heterocycles. The van der Waals surface area contributed by atoms with Crippen molar-refractivity contribution in [1.82, 2.24) is 10.2 Å². The Morgan fingerprint density at radius 1 is 1.47 bits per heavy atom. The molecular formula is C10H7N3O5S. The number of carbonyl (C=O) groups is 1. The number of hydrogen-bond donors (Lipinski definition) is 1. The second kappa shape index (κ2) is 5.06. The van der Waals surface area contributed by atoms with Gasteiger partial charge in [-0.15, -0.1) is 10.2 Å². The molecule has 0 aliphatic heterocycles. The molecule has 0 amide bonds. The zero-order valence-electron chi connectivity index (χ0n) is 9.56. The van der Waals surface area contributed by atoms with Gasteiger partial charge >= 0.3 is 5.97 Å². The van der Waals surface area contributed by atoms with E-state index in [2.05, 4.69) is 10.2 Å². The molecule has 98 valence electrons.